The maximum atomic E-state index is 13.0. The van der Waals surface area contributed by atoms with E-state index in [0.717, 1.165) is 30.6 Å². The molecular formula is C13H20FNO. The Labute approximate surface area is 96.8 Å². The van der Waals surface area contributed by atoms with Crippen molar-refractivity contribution in [2.24, 2.45) is 0 Å². The molecule has 2 nitrogen and oxygen atoms in total. The molecule has 90 valence electrons. The highest BCUT2D eigenvalue weighted by atomic mass is 19.1. The lowest BCUT2D eigenvalue weighted by molar-refractivity contribution is 0.122. The van der Waals surface area contributed by atoms with E-state index in [-0.39, 0.29) is 5.82 Å². The van der Waals surface area contributed by atoms with Crippen LogP contribution in [-0.2, 0) is 11.3 Å². The van der Waals surface area contributed by atoms with E-state index in [0.29, 0.717) is 13.2 Å². The average molecular weight is 225 g/mol. The van der Waals surface area contributed by atoms with E-state index in [9.17, 15) is 4.39 Å². The van der Waals surface area contributed by atoms with Crippen LogP contribution in [0.25, 0.3) is 0 Å². The number of hydrogen-bond donors (Lipinski definition) is 1. The van der Waals surface area contributed by atoms with Crippen molar-refractivity contribution in [3.05, 3.63) is 35.1 Å². The Morgan fingerprint density at radius 3 is 2.88 bits per heavy atom. The van der Waals surface area contributed by atoms with Crippen molar-refractivity contribution < 1.29 is 9.13 Å². The maximum absolute atomic E-state index is 13.0. The fourth-order valence-corrected chi connectivity index (χ4v) is 1.42. The zero-order valence-corrected chi connectivity index (χ0v) is 10.1. The number of rotatable bonds is 7. The monoisotopic (exact) mass is 225 g/mol. The molecule has 0 radical (unpaired) electrons. The van der Waals surface area contributed by atoms with Crippen molar-refractivity contribution in [2.45, 2.75) is 26.9 Å². The van der Waals surface area contributed by atoms with Gasteiger partial charge in [0.05, 0.1) is 13.2 Å². The minimum Gasteiger partial charge on any atom is -0.375 e. The molecule has 0 aliphatic carbocycles. The summed E-state index contributed by atoms with van der Waals surface area (Å²) < 4.78 is 18.4. The molecule has 1 aromatic rings. The molecule has 0 atom stereocenters. The highest BCUT2D eigenvalue weighted by Crippen LogP contribution is 2.11. The molecule has 0 aliphatic rings. The number of aryl methyl sites for hydroxylation is 1. The van der Waals surface area contributed by atoms with Crippen molar-refractivity contribution in [1.82, 2.24) is 5.32 Å². The van der Waals surface area contributed by atoms with Crippen LogP contribution in [0.3, 0.4) is 0 Å². The minimum atomic E-state index is -0.201. The SMILES string of the molecule is CCCNCCOCc1cc(F)ccc1C. The summed E-state index contributed by atoms with van der Waals surface area (Å²) in [6.45, 7) is 7.11. The molecule has 1 rings (SSSR count). The van der Waals surface area contributed by atoms with Gasteiger partial charge in [0.15, 0.2) is 0 Å². The number of halogens is 1. The molecule has 1 aromatic carbocycles. The summed E-state index contributed by atoms with van der Waals surface area (Å²) in [4.78, 5) is 0. The third-order valence-corrected chi connectivity index (χ3v) is 2.42. The second-order valence-corrected chi connectivity index (χ2v) is 3.87. The van der Waals surface area contributed by atoms with Gasteiger partial charge in [-0.15, -0.1) is 0 Å². The van der Waals surface area contributed by atoms with E-state index in [1.807, 2.05) is 6.92 Å². The normalized spacial score (nSPS) is 10.7. The molecule has 0 saturated carbocycles. The lowest BCUT2D eigenvalue weighted by Crippen LogP contribution is -2.20. The number of ether oxygens (including phenoxy) is 1. The Bertz CT molecular complexity index is 315. The average Bonchev–Trinajstić information content (AvgIpc) is 2.28. The zero-order chi connectivity index (χ0) is 11.8. The quantitative estimate of drug-likeness (QED) is 0.720. The molecule has 0 aliphatic heterocycles. The van der Waals surface area contributed by atoms with Crippen LogP contribution in [0.1, 0.15) is 24.5 Å². The molecule has 0 spiro atoms. The fraction of sp³-hybridized carbons (Fsp3) is 0.538. The molecule has 0 aromatic heterocycles. The predicted molar refractivity (Wildman–Crippen MR) is 64.0 cm³/mol. The van der Waals surface area contributed by atoms with Crippen LogP contribution < -0.4 is 5.32 Å². The smallest absolute Gasteiger partial charge is 0.123 e. The van der Waals surface area contributed by atoms with E-state index in [1.54, 1.807) is 6.07 Å². The van der Waals surface area contributed by atoms with E-state index in [4.69, 9.17) is 4.74 Å². The van der Waals surface area contributed by atoms with E-state index >= 15 is 0 Å². The minimum absolute atomic E-state index is 0.201. The van der Waals surface area contributed by atoms with Gasteiger partial charge in [-0.3, -0.25) is 0 Å². The van der Waals surface area contributed by atoms with Crippen LogP contribution in [0.5, 0.6) is 0 Å². The first kappa shape index (κ1) is 13.1. The molecule has 0 unspecified atom stereocenters. The van der Waals surface area contributed by atoms with Crippen LogP contribution in [0.4, 0.5) is 4.39 Å². The largest absolute Gasteiger partial charge is 0.375 e. The topological polar surface area (TPSA) is 21.3 Å². The second kappa shape index (κ2) is 7.36. The van der Waals surface area contributed by atoms with Gasteiger partial charge in [0.2, 0.25) is 0 Å². The van der Waals surface area contributed by atoms with Gasteiger partial charge in [-0.25, -0.2) is 4.39 Å². The van der Waals surface area contributed by atoms with Gasteiger partial charge >= 0.3 is 0 Å². The highest BCUT2D eigenvalue weighted by Gasteiger charge is 2.00. The van der Waals surface area contributed by atoms with Crippen molar-refractivity contribution in [1.29, 1.82) is 0 Å². The van der Waals surface area contributed by atoms with Crippen molar-refractivity contribution in [3.8, 4) is 0 Å². The zero-order valence-electron chi connectivity index (χ0n) is 10.1. The van der Waals surface area contributed by atoms with E-state index < -0.39 is 0 Å². The van der Waals surface area contributed by atoms with Crippen LogP contribution >= 0.6 is 0 Å². The lowest BCUT2D eigenvalue weighted by atomic mass is 10.1. The standard InChI is InChI=1S/C13H20FNO/c1-3-6-15-7-8-16-10-12-9-13(14)5-4-11(12)2/h4-5,9,15H,3,6-8,10H2,1-2H3. The Balaban J connectivity index is 2.23. The first-order valence-electron chi connectivity index (χ1n) is 5.77. The third kappa shape index (κ3) is 4.73. The van der Waals surface area contributed by atoms with Crippen LogP contribution in [0, 0.1) is 12.7 Å². The van der Waals surface area contributed by atoms with E-state index in [1.165, 1.54) is 12.1 Å². The summed E-state index contributed by atoms with van der Waals surface area (Å²) in [6, 6.07) is 4.79. The van der Waals surface area contributed by atoms with Gasteiger partial charge in [-0.2, -0.15) is 0 Å². The van der Waals surface area contributed by atoms with Gasteiger partial charge in [0.1, 0.15) is 5.82 Å². The molecule has 3 heteroatoms. The Hall–Kier alpha value is -0.930. The predicted octanol–water partition coefficient (Wildman–Crippen LogP) is 2.65. The van der Waals surface area contributed by atoms with Crippen molar-refractivity contribution in [2.75, 3.05) is 19.7 Å². The number of benzene rings is 1. The van der Waals surface area contributed by atoms with Gasteiger partial charge in [0.25, 0.3) is 0 Å². The van der Waals surface area contributed by atoms with Crippen molar-refractivity contribution >= 4 is 0 Å². The van der Waals surface area contributed by atoms with Gasteiger partial charge in [0, 0.05) is 6.54 Å². The van der Waals surface area contributed by atoms with Crippen LogP contribution in [0.2, 0.25) is 0 Å². The Morgan fingerprint density at radius 2 is 2.12 bits per heavy atom. The summed E-state index contributed by atoms with van der Waals surface area (Å²) in [7, 11) is 0. The van der Waals surface area contributed by atoms with Gasteiger partial charge < -0.3 is 10.1 Å². The fourth-order valence-electron chi connectivity index (χ4n) is 1.42. The first-order valence-corrected chi connectivity index (χ1v) is 5.77. The Kier molecular flexibility index (Phi) is 6.04. The van der Waals surface area contributed by atoms with Crippen LogP contribution in [0.15, 0.2) is 18.2 Å². The van der Waals surface area contributed by atoms with E-state index in [2.05, 4.69) is 12.2 Å². The third-order valence-electron chi connectivity index (χ3n) is 2.42. The van der Waals surface area contributed by atoms with Gasteiger partial charge in [-0.1, -0.05) is 13.0 Å². The summed E-state index contributed by atoms with van der Waals surface area (Å²) in [5.74, 6) is -0.201. The molecule has 0 amide bonds. The second-order valence-electron chi connectivity index (χ2n) is 3.87. The maximum Gasteiger partial charge on any atom is 0.123 e. The first-order chi connectivity index (χ1) is 7.74. The summed E-state index contributed by atoms with van der Waals surface area (Å²) in [6.07, 6.45) is 1.13. The number of nitrogens with one attached hydrogen (secondary N) is 1. The summed E-state index contributed by atoms with van der Waals surface area (Å²) >= 11 is 0. The molecule has 16 heavy (non-hydrogen) atoms. The highest BCUT2D eigenvalue weighted by molar-refractivity contribution is 5.25. The van der Waals surface area contributed by atoms with Crippen molar-refractivity contribution in [3.63, 3.8) is 0 Å². The lowest BCUT2D eigenvalue weighted by Gasteiger charge is -2.08. The molecule has 0 bridgehead atoms. The molecule has 1 N–H and O–H groups in total. The summed E-state index contributed by atoms with van der Waals surface area (Å²) in [5, 5.41) is 3.25. The number of hydrogen-bond acceptors (Lipinski definition) is 2. The van der Waals surface area contributed by atoms with Crippen LogP contribution in [-0.4, -0.2) is 19.7 Å². The Morgan fingerprint density at radius 1 is 1.31 bits per heavy atom. The van der Waals surface area contributed by atoms with Gasteiger partial charge in [-0.05, 0) is 43.1 Å². The molecule has 0 heterocycles. The molecule has 0 saturated heterocycles. The molecule has 0 fully saturated rings. The molecular weight excluding hydrogens is 205 g/mol. The summed E-state index contributed by atoms with van der Waals surface area (Å²) in [5.41, 5.74) is 2.00.